The fourth-order valence-electron chi connectivity index (χ4n) is 2.91. The van der Waals surface area contributed by atoms with Gasteiger partial charge in [-0.2, -0.15) is 5.26 Å². The number of nitrogens with one attached hydrogen (secondary N) is 2. The van der Waals surface area contributed by atoms with Crippen molar-refractivity contribution in [2.75, 3.05) is 10.0 Å². The number of hydrogen-bond acceptors (Lipinski definition) is 8. The van der Waals surface area contributed by atoms with Gasteiger partial charge in [-0.15, -0.1) is 11.3 Å². The molecule has 1 amide bonds. The van der Waals surface area contributed by atoms with Gasteiger partial charge in [-0.25, -0.2) is 23.6 Å². The van der Waals surface area contributed by atoms with Crippen LogP contribution in [0.5, 0.6) is 0 Å². The van der Waals surface area contributed by atoms with Crippen LogP contribution in [0.15, 0.2) is 30.0 Å². The molecule has 32 heavy (non-hydrogen) atoms. The Bertz CT molecular complexity index is 1220. The molecule has 0 radical (unpaired) electrons. The molecule has 1 aliphatic carbocycles. The van der Waals surface area contributed by atoms with E-state index in [2.05, 4.69) is 30.0 Å². The number of aromatic nitrogens is 4. The van der Waals surface area contributed by atoms with Gasteiger partial charge in [-0.3, -0.25) is 14.5 Å². The molecular weight excluding hydrogens is 453 g/mol. The average molecular weight is 472 g/mol. The third-order valence-corrected chi connectivity index (χ3v) is 7.12. The van der Waals surface area contributed by atoms with Gasteiger partial charge in [0, 0.05) is 17.1 Å². The fourth-order valence-corrected chi connectivity index (χ4v) is 4.90. The van der Waals surface area contributed by atoms with E-state index in [1.165, 1.54) is 36.0 Å². The van der Waals surface area contributed by atoms with Crippen LogP contribution in [0.1, 0.15) is 43.5 Å². The molecule has 0 aromatic carbocycles. The first-order chi connectivity index (χ1) is 15.5. The van der Waals surface area contributed by atoms with Crippen LogP contribution in [0, 0.1) is 17.1 Å². The standard InChI is InChI=1S/C20H18FN7O2S2/c1-2-14(17-10-31-20(26-17)28-32(30)13-3-4-13)19(29)27-18-15(21)5-11(7-24-18)16-9-23-8-12(6-22)25-16/h5,7-10,13-14H,2-4H2,1H3,(H,26,28)(H,24,27,29). The first-order valence-corrected chi connectivity index (χ1v) is 11.9. The molecule has 4 rings (SSSR count). The number of halogens is 1. The molecule has 164 valence electrons. The van der Waals surface area contributed by atoms with Gasteiger partial charge in [0.15, 0.2) is 22.5 Å². The number of nitrogens with zero attached hydrogens (tertiary/aromatic N) is 5. The molecule has 2 atom stereocenters. The minimum absolute atomic E-state index is 0.101. The number of pyridine rings is 1. The van der Waals surface area contributed by atoms with Crippen LogP contribution in [0.4, 0.5) is 15.3 Å². The molecular formula is C20H18FN7O2S2. The van der Waals surface area contributed by atoms with Gasteiger partial charge >= 0.3 is 0 Å². The zero-order chi connectivity index (χ0) is 22.7. The maximum absolute atomic E-state index is 14.6. The summed E-state index contributed by atoms with van der Waals surface area (Å²) in [7, 11) is -1.17. The lowest BCUT2D eigenvalue weighted by molar-refractivity contribution is -0.117. The number of anilines is 2. The Kier molecular flexibility index (Phi) is 6.48. The summed E-state index contributed by atoms with van der Waals surface area (Å²) in [5.41, 5.74) is 1.25. The van der Waals surface area contributed by atoms with E-state index in [1.54, 1.807) is 5.38 Å². The Labute approximate surface area is 189 Å². The molecule has 0 aliphatic heterocycles. The van der Waals surface area contributed by atoms with Crippen molar-refractivity contribution in [1.82, 2.24) is 19.9 Å². The Hall–Kier alpha value is -3.30. The van der Waals surface area contributed by atoms with Crippen molar-refractivity contribution in [2.24, 2.45) is 0 Å². The first-order valence-electron chi connectivity index (χ1n) is 9.80. The molecule has 1 aliphatic rings. The number of thiazole rings is 1. The van der Waals surface area contributed by atoms with E-state index in [4.69, 9.17) is 5.26 Å². The Morgan fingerprint density at radius 3 is 2.88 bits per heavy atom. The van der Waals surface area contributed by atoms with E-state index >= 15 is 0 Å². The predicted molar refractivity (Wildman–Crippen MR) is 118 cm³/mol. The van der Waals surface area contributed by atoms with Crippen LogP contribution in [-0.2, 0) is 15.8 Å². The van der Waals surface area contributed by atoms with E-state index in [-0.39, 0.29) is 16.8 Å². The molecule has 2 N–H and O–H groups in total. The zero-order valence-electron chi connectivity index (χ0n) is 16.9. The van der Waals surface area contributed by atoms with Crippen LogP contribution in [0.3, 0.4) is 0 Å². The van der Waals surface area contributed by atoms with Crippen molar-refractivity contribution in [1.29, 1.82) is 5.26 Å². The van der Waals surface area contributed by atoms with Crippen molar-refractivity contribution < 1.29 is 13.4 Å². The van der Waals surface area contributed by atoms with Gasteiger partial charge in [0.1, 0.15) is 17.1 Å². The number of carbonyl (C=O) groups excluding carboxylic acids is 1. The molecule has 1 fully saturated rings. The molecule has 3 heterocycles. The van der Waals surface area contributed by atoms with Crippen molar-refractivity contribution in [3.63, 3.8) is 0 Å². The van der Waals surface area contributed by atoms with E-state index in [0.717, 1.165) is 12.8 Å². The lowest BCUT2D eigenvalue weighted by Gasteiger charge is -2.13. The summed E-state index contributed by atoms with van der Waals surface area (Å²) in [6.07, 6.45) is 6.36. The summed E-state index contributed by atoms with van der Waals surface area (Å²) in [5, 5.41) is 13.8. The number of hydrogen-bond donors (Lipinski definition) is 2. The topological polar surface area (TPSA) is 134 Å². The highest BCUT2D eigenvalue weighted by atomic mass is 32.2. The van der Waals surface area contributed by atoms with E-state index in [9.17, 15) is 13.4 Å². The van der Waals surface area contributed by atoms with Crippen LogP contribution in [0.25, 0.3) is 11.3 Å². The maximum atomic E-state index is 14.6. The van der Waals surface area contributed by atoms with Gasteiger partial charge in [0.05, 0.1) is 34.9 Å². The van der Waals surface area contributed by atoms with Crippen molar-refractivity contribution in [3.8, 4) is 17.3 Å². The van der Waals surface area contributed by atoms with E-state index < -0.39 is 28.6 Å². The Morgan fingerprint density at radius 2 is 2.19 bits per heavy atom. The number of nitriles is 1. The molecule has 2 unspecified atom stereocenters. The van der Waals surface area contributed by atoms with Crippen LogP contribution in [0.2, 0.25) is 0 Å². The van der Waals surface area contributed by atoms with Gasteiger partial charge < -0.3 is 5.32 Å². The highest BCUT2D eigenvalue weighted by Crippen LogP contribution is 2.30. The highest BCUT2D eigenvalue weighted by Gasteiger charge is 2.29. The summed E-state index contributed by atoms with van der Waals surface area (Å²) in [6, 6.07) is 3.05. The second-order valence-electron chi connectivity index (χ2n) is 7.08. The molecule has 9 nitrogen and oxygen atoms in total. The third kappa shape index (κ3) is 4.95. The summed E-state index contributed by atoms with van der Waals surface area (Å²) >= 11 is 1.28. The number of rotatable bonds is 8. The minimum Gasteiger partial charge on any atom is -0.308 e. The fraction of sp³-hybridized carbons (Fsp3) is 0.300. The largest absolute Gasteiger partial charge is 0.308 e. The Balaban J connectivity index is 1.46. The van der Waals surface area contributed by atoms with Crippen LogP contribution >= 0.6 is 11.3 Å². The van der Waals surface area contributed by atoms with E-state index in [1.807, 2.05) is 13.0 Å². The summed E-state index contributed by atoms with van der Waals surface area (Å²) in [4.78, 5) is 29.1. The predicted octanol–water partition coefficient (Wildman–Crippen LogP) is 3.38. The average Bonchev–Trinajstić information content (AvgIpc) is 3.56. The summed E-state index contributed by atoms with van der Waals surface area (Å²) in [6.45, 7) is 1.83. The van der Waals surface area contributed by atoms with Crippen LogP contribution < -0.4 is 10.0 Å². The number of carbonyl (C=O) groups is 1. The molecule has 0 saturated heterocycles. The normalized spacial score (nSPS) is 14.9. The molecule has 0 bridgehead atoms. The summed E-state index contributed by atoms with van der Waals surface area (Å²) in [5.74, 6) is -2.02. The summed E-state index contributed by atoms with van der Waals surface area (Å²) < 4.78 is 29.5. The first kappa shape index (κ1) is 21.9. The maximum Gasteiger partial charge on any atom is 0.234 e. The SMILES string of the molecule is CCC(C(=O)Nc1ncc(-c2cncc(C#N)n2)cc1F)c1csc(NS(=O)C2CC2)n1. The molecule has 3 aromatic rings. The van der Waals surface area contributed by atoms with Gasteiger partial charge in [-0.1, -0.05) is 6.92 Å². The van der Waals surface area contributed by atoms with Gasteiger partial charge in [0.25, 0.3) is 0 Å². The highest BCUT2D eigenvalue weighted by molar-refractivity contribution is 7.87. The molecule has 3 aromatic heterocycles. The van der Waals surface area contributed by atoms with Crippen molar-refractivity contribution >= 4 is 39.2 Å². The minimum atomic E-state index is -1.17. The molecule has 12 heteroatoms. The van der Waals surface area contributed by atoms with Crippen molar-refractivity contribution in [3.05, 3.63) is 47.2 Å². The van der Waals surface area contributed by atoms with E-state index in [0.29, 0.717) is 28.5 Å². The quantitative estimate of drug-likeness (QED) is 0.514. The monoisotopic (exact) mass is 471 g/mol. The molecule has 1 saturated carbocycles. The van der Waals surface area contributed by atoms with Crippen LogP contribution in [-0.4, -0.2) is 35.3 Å². The smallest absolute Gasteiger partial charge is 0.234 e. The zero-order valence-corrected chi connectivity index (χ0v) is 18.5. The third-order valence-electron chi connectivity index (χ3n) is 4.75. The van der Waals surface area contributed by atoms with Gasteiger partial charge in [-0.05, 0) is 25.3 Å². The van der Waals surface area contributed by atoms with Crippen molar-refractivity contribution in [2.45, 2.75) is 37.4 Å². The Morgan fingerprint density at radius 1 is 1.38 bits per heavy atom. The lowest BCUT2D eigenvalue weighted by Crippen LogP contribution is -2.22. The molecule has 0 spiro atoms. The van der Waals surface area contributed by atoms with Gasteiger partial charge in [0.2, 0.25) is 5.91 Å². The lowest BCUT2D eigenvalue weighted by atomic mass is 10.0. The number of amides is 1. The second-order valence-corrected chi connectivity index (χ2v) is 9.41. The second kappa shape index (κ2) is 9.46.